The second-order valence-electron chi connectivity index (χ2n) is 8.51. The minimum absolute atomic E-state index is 0.0278. The summed E-state index contributed by atoms with van der Waals surface area (Å²) >= 11 is 0. The third-order valence-electron chi connectivity index (χ3n) is 5.95. The number of nitrogens with zero attached hydrogens (tertiary/aromatic N) is 2. The Balaban J connectivity index is 1.53. The van der Waals surface area contributed by atoms with Gasteiger partial charge in [0.2, 0.25) is 5.91 Å². The van der Waals surface area contributed by atoms with Gasteiger partial charge in [0.05, 0.1) is 36.6 Å². The number of hydrogen-bond acceptors (Lipinski definition) is 7. The number of pyridine rings is 1. The number of carbonyl (C=O) groups excluding carboxylic acids is 3. The third kappa shape index (κ3) is 4.79. The molecule has 35 heavy (non-hydrogen) atoms. The van der Waals surface area contributed by atoms with Crippen LogP contribution in [0.4, 0.5) is 17.2 Å². The molecule has 0 saturated carbocycles. The van der Waals surface area contributed by atoms with Gasteiger partial charge >= 0.3 is 0 Å². The van der Waals surface area contributed by atoms with Crippen LogP contribution >= 0.6 is 0 Å². The lowest BCUT2D eigenvalue weighted by molar-refractivity contribution is -0.145. The molecule has 2 aliphatic rings. The van der Waals surface area contributed by atoms with E-state index in [4.69, 9.17) is 4.74 Å². The fourth-order valence-corrected chi connectivity index (χ4v) is 4.40. The van der Waals surface area contributed by atoms with Crippen molar-refractivity contribution in [3.63, 3.8) is 0 Å². The van der Waals surface area contributed by atoms with Crippen LogP contribution in [0.2, 0.25) is 0 Å². The van der Waals surface area contributed by atoms with Crippen LogP contribution in [0.25, 0.3) is 11.3 Å². The second kappa shape index (κ2) is 9.69. The van der Waals surface area contributed by atoms with E-state index in [1.54, 1.807) is 18.3 Å². The molecule has 4 N–H and O–H groups in total. The van der Waals surface area contributed by atoms with Crippen molar-refractivity contribution >= 4 is 34.8 Å². The molecule has 5 rings (SSSR count). The van der Waals surface area contributed by atoms with E-state index in [0.717, 1.165) is 11.3 Å². The number of aromatic amines is 1. The van der Waals surface area contributed by atoms with Crippen LogP contribution in [-0.4, -0.2) is 64.8 Å². The SMILES string of the molecule is CC(=O)Nc1cc(-c2[nH]c3c(c2Nc2ccccc2)C(=O)CN(C(=O)C2CNCCO2)C3)ccn1. The number of nitrogens with one attached hydrogen (secondary N) is 4. The lowest BCUT2D eigenvalue weighted by Crippen LogP contribution is -2.51. The molecule has 2 aliphatic heterocycles. The molecule has 0 radical (unpaired) electrons. The van der Waals surface area contributed by atoms with E-state index in [1.165, 1.54) is 11.8 Å². The predicted octanol–water partition coefficient (Wildman–Crippen LogP) is 2.29. The van der Waals surface area contributed by atoms with Gasteiger partial charge < -0.3 is 30.6 Å². The molecule has 180 valence electrons. The first-order valence-corrected chi connectivity index (χ1v) is 11.4. The van der Waals surface area contributed by atoms with Crippen LogP contribution in [0.5, 0.6) is 0 Å². The maximum atomic E-state index is 13.4. The summed E-state index contributed by atoms with van der Waals surface area (Å²) in [7, 11) is 0. The number of amides is 2. The topological polar surface area (TPSA) is 128 Å². The van der Waals surface area contributed by atoms with Crippen molar-refractivity contribution in [1.82, 2.24) is 20.2 Å². The van der Waals surface area contributed by atoms with Crippen LogP contribution in [0, 0.1) is 0 Å². The molecule has 1 saturated heterocycles. The highest BCUT2D eigenvalue weighted by Crippen LogP contribution is 2.38. The largest absolute Gasteiger partial charge is 0.366 e. The molecule has 2 aromatic heterocycles. The Morgan fingerprint density at radius 1 is 1.17 bits per heavy atom. The number of carbonyl (C=O) groups is 3. The fraction of sp³-hybridized carbons (Fsp3) is 0.280. The van der Waals surface area contributed by atoms with Gasteiger partial charge in [0.1, 0.15) is 11.9 Å². The van der Waals surface area contributed by atoms with Crippen molar-refractivity contribution in [2.24, 2.45) is 0 Å². The van der Waals surface area contributed by atoms with Crippen molar-refractivity contribution in [3.8, 4) is 11.3 Å². The summed E-state index contributed by atoms with van der Waals surface area (Å²) in [5, 5.41) is 9.22. The van der Waals surface area contributed by atoms with Crippen LogP contribution in [-0.2, 0) is 20.9 Å². The van der Waals surface area contributed by atoms with Crippen LogP contribution in [0.3, 0.4) is 0 Å². The summed E-state index contributed by atoms with van der Waals surface area (Å²) in [4.78, 5) is 47.0. The number of aromatic nitrogens is 2. The van der Waals surface area contributed by atoms with Crippen molar-refractivity contribution < 1.29 is 19.1 Å². The van der Waals surface area contributed by atoms with E-state index in [1.807, 2.05) is 30.3 Å². The number of morpholine rings is 1. The molecule has 4 heterocycles. The van der Waals surface area contributed by atoms with Gasteiger partial charge in [0, 0.05) is 43.2 Å². The summed E-state index contributed by atoms with van der Waals surface area (Å²) in [5.74, 6) is -0.202. The highest BCUT2D eigenvalue weighted by atomic mass is 16.5. The molecule has 3 aromatic rings. The van der Waals surface area contributed by atoms with Gasteiger partial charge in [-0.25, -0.2) is 4.98 Å². The molecule has 10 heteroatoms. The number of fused-ring (bicyclic) bond motifs is 1. The van der Waals surface area contributed by atoms with E-state index in [-0.39, 0.29) is 30.7 Å². The molecular weight excluding hydrogens is 448 g/mol. The smallest absolute Gasteiger partial charge is 0.253 e. The molecular formula is C25H26N6O4. The van der Waals surface area contributed by atoms with Gasteiger partial charge in [-0.1, -0.05) is 18.2 Å². The normalized spacial score (nSPS) is 17.6. The van der Waals surface area contributed by atoms with Crippen molar-refractivity contribution in [2.75, 3.05) is 36.9 Å². The summed E-state index contributed by atoms with van der Waals surface area (Å²) in [6.07, 6.45) is 0.993. The van der Waals surface area contributed by atoms with Crippen LogP contribution < -0.4 is 16.0 Å². The van der Waals surface area contributed by atoms with Gasteiger partial charge in [0.15, 0.2) is 5.78 Å². The minimum atomic E-state index is -0.602. The highest BCUT2D eigenvalue weighted by molar-refractivity contribution is 6.09. The number of para-hydroxylation sites is 1. The number of ether oxygens (including phenoxy) is 1. The maximum Gasteiger partial charge on any atom is 0.253 e. The Bertz CT molecular complexity index is 1270. The monoisotopic (exact) mass is 474 g/mol. The first-order chi connectivity index (χ1) is 17.0. The molecule has 1 unspecified atom stereocenters. The number of H-pyrrole nitrogens is 1. The number of rotatable bonds is 5. The van der Waals surface area contributed by atoms with Crippen LogP contribution in [0.15, 0.2) is 48.7 Å². The number of benzene rings is 1. The average molecular weight is 475 g/mol. The molecule has 10 nitrogen and oxygen atoms in total. The first kappa shape index (κ1) is 22.8. The second-order valence-corrected chi connectivity index (χ2v) is 8.51. The predicted molar refractivity (Wildman–Crippen MR) is 130 cm³/mol. The van der Waals surface area contributed by atoms with E-state index in [2.05, 4.69) is 25.9 Å². The fourth-order valence-electron chi connectivity index (χ4n) is 4.40. The zero-order valence-corrected chi connectivity index (χ0v) is 19.3. The minimum Gasteiger partial charge on any atom is -0.366 e. The van der Waals surface area contributed by atoms with Crippen molar-refractivity contribution in [2.45, 2.75) is 19.6 Å². The lowest BCUT2D eigenvalue weighted by atomic mass is 10.0. The first-order valence-electron chi connectivity index (χ1n) is 11.4. The van der Waals surface area contributed by atoms with Gasteiger partial charge in [-0.3, -0.25) is 14.4 Å². The summed E-state index contributed by atoms with van der Waals surface area (Å²) < 4.78 is 5.61. The molecule has 2 amide bonds. The van der Waals surface area contributed by atoms with E-state index in [0.29, 0.717) is 48.2 Å². The number of anilines is 3. The van der Waals surface area contributed by atoms with E-state index in [9.17, 15) is 14.4 Å². The van der Waals surface area contributed by atoms with Crippen molar-refractivity contribution in [3.05, 3.63) is 59.9 Å². The Morgan fingerprint density at radius 3 is 2.74 bits per heavy atom. The van der Waals surface area contributed by atoms with E-state index < -0.39 is 6.10 Å². The summed E-state index contributed by atoms with van der Waals surface area (Å²) in [6, 6.07) is 13.1. The zero-order valence-electron chi connectivity index (χ0n) is 19.3. The van der Waals surface area contributed by atoms with Gasteiger partial charge in [-0.2, -0.15) is 0 Å². The maximum absolute atomic E-state index is 13.4. The molecule has 0 bridgehead atoms. The van der Waals surface area contributed by atoms with Crippen molar-refractivity contribution in [1.29, 1.82) is 0 Å². The summed E-state index contributed by atoms with van der Waals surface area (Å²) in [5.41, 5.74) is 4.02. The Hall–Kier alpha value is -4.02. The van der Waals surface area contributed by atoms with Gasteiger partial charge in [-0.05, 0) is 24.3 Å². The molecule has 1 aromatic carbocycles. The molecule has 0 aliphatic carbocycles. The molecule has 1 atom stereocenters. The van der Waals surface area contributed by atoms with Crippen LogP contribution in [0.1, 0.15) is 23.0 Å². The summed E-state index contributed by atoms with van der Waals surface area (Å²) in [6.45, 7) is 3.23. The Morgan fingerprint density at radius 2 is 2.00 bits per heavy atom. The van der Waals surface area contributed by atoms with Gasteiger partial charge in [-0.15, -0.1) is 0 Å². The zero-order chi connectivity index (χ0) is 24.4. The quantitative estimate of drug-likeness (QED) is 0.447. The molecule has 0 spiro atoms. The standard InChI is InChI=1S/C25H26N6O4/c1-15(32)28-21-11-16(7-8-27-21)23-24(29-17-5-3-2-4-6-17)22-18(30-23)13-31(14-19(22)33)25(34)20-12-26-9-10-35-20/h2-8,11,20,26,29-30H,9-10,12-14H2,1H3,(H,27,28,32). The lowest BCUT2D eigenvalue weighted by Gasteiger charge is -2.31. The Labute approximate surface area is 202 Å². The highest BCUT2D eigenvalue weighted by Gasteiger charge is 2.36. The number of ketones is 1. The van der Waals surface area contributed by atoms with E-state index >= 15 is 0 Å². The third-order valence-corrected chi connectivity index (χ3v) is 5.95. The number of Topliss-reactive ketones (excluding diaryl/α,β-unsaturated/α-hetero) is 1. The molecule has 1 fully saturated rings. The average Bonchev–Trinajstić information content (AvgIpc) is 3.23. The number of hydrogen-bond donors (Lipinski definition) is 4. The van der Waals surface area contributed by atoms with Gasteiger partial charge in [0.25, 0.3) is 5.91 Å². The Kier molecular flexibility index (Phi) is 6.30.